The van der Waals surface area contributed by atoms with Gasteiger partial charge in [-0.3, -0.25) is 14.1 Å². The Morgan fingerprint density at radius 2 is 1.38 bits per heavy atom. The Bertz CT molecular complexity index is 755. The van der Waals surface area contributed by atoms with Crippen molar-refractivity contribution < 1.29 is 67.1 Å². The van der Waals surface area contributed by atoms with Gasteiger partial charge in [0.05, 0.1) is 6.42 Å². The molecule has 0 heterocycles. The number of hydrogen-bond acceptors (Lipinski definition) is 5. The van der Waals surface area contributed by atoms with Gasteiger partial charge in [0.2, 0.25) is 0 Å². The number of ether oxygens (including phenoxy) is 1. The van der Waals surface area contributed by atoms with Gasteiger partial charge < -0.3 is 21.9 Å². The summed E-state index contributed by atoms with van der Waals surface area (Å²) in [5, 5.41) is 13.9. The molecular formula is C24H39NaO8S. The first kappa shape index (κ1) is 35.0. The Hall–Kier alpha value is -1.13. The molecule has 0 bridgehead atoms. The number of carboxylic acid groups (broad SMARTS) is 2. The smallest absolute Gasteiger partial charge is 0.522 e. The molecule has 0 aromatic heterocycles. The molecule has 3 N–H and O–H groups in total. The predicted molar refractivity (Wildman–Crippen MR) is 128 cm³/mol. The van der Waals surface area contributed by atoms with Crippen molar-refractivity contribution in [2.45, 2.75) is 95.3 Å². The summed E-state index contributed by atoms with van der Waals surface area (Å²) in [6, 6.07) is 10.0. The summed E-state index contributed by atoms with van der Waals surface area (Å²) in [6.07, 6.45) is 13.8. The van der Waals surface area contributed by atoms with Crippen LogP contribution in [-0.4, -0.2) is 46.5 Å². The summed E-state index contributed by atoms with van der Waals surface area (Å²) in [4.78, 5) is 20.0. The van der Waals surface area contributed by atoms with E-state index in [1.54, 1.807) is 0 Å². The minimum atomic E-state index is -4.84. The number of hydrogen-bond donors (Lipinski definition) is 3. The van der Waals surface area contributed by atoms with E-state index in [4.69, 9.17) is 19.5 Å². The summed E-state index contributed by atoms with van der Waals surface area (Å²) in [7, 11) is -4.84. The molecule has 0 radical (unpaired) electrons. The van der Waals surface area contributed by atoms with E-state index < -0.39 is 33.7 Å². The van der Waals surface area contributed by atoms with Crippen LogP contribution in [0, 0.1) is 6.92 Å². The number of rotatable bonds is 17. The van der Waals surface area contributed by atoms with E-state index in [1.807, 2.05) is 30.3 Å². The average molecular weight is 511 g/mol. The second-order valence-corrected chi connectivity index (χ2v) is 9.56. The molecule has 2 atom stereocenters. The molecule has 0 aliphatic heterocycles. The third kappa shape index (κ3) is 20.3. The zero-order valence-corrected chi connectivity index (χ0v) is 23.3. The fourth-order valence-corrected chi connectivity index (χ4v) is 3.70. The Balaban J connectivity index is 0. The monoisotopic (exact) mass is 510 g/mol. The first-order valence-corrected chi connectivity index (χ1v) is 13.0. The van der Waals surface area contributed by atoms with Gasteiger partial charge in [-0.1, -0.05) is 89.3 Å². The molecule has 0 saturated carbocycles. The van der Waals surface area contributed by atoms with Crippen molar-refractivity contribution >= 4 is 22.1 Å². The maximum Gasteiger partial charge on any atom is 1.00 e. The molecule has 8 nitrogen and oxygen atoms in total. The van der Waals surface area contributed by atoms with Crippen LogP contribution in [0.2, 0.25) is 0 Å². The largest absolute Gasteiger partial charge is 1.00 e. The van der Waals surface area contributed by atoms with Crippen molar-refractivity contribution in [3.8, 4) is 5.75 Å². The minimum absolute atomic E-state index is 0. The van der Waals surface area contributed by atoms with Crippen LogP contribution >= 0.6 is 0 Å². The molecule has 1 rings (SSSR count). The number of unbranched alkanes of at least 4 members (excludes halogenated alkanes) is 9. The summed E-state index contributed by atoms with van der Waals surface area (Å²) in [5.41, 5.74) is 0. The molecule has 0 fully saturated rings. The molecule has 0 amide bonds. The fraction of sp³-hybridized carbons (Fsp3) is 0.625. The van der Waals surface area contributed by atoms with Crippen LogP contribution in [0.25, 0.3) is 0 Å². The Morgan fingerprint density at radius 3 is 1.76 bits per heavy atom. The van der Waals surface area contributed by atoms with Crippen molar-refractivity contribution in [1.29, 1.82) is 0 Å². The van der Waals surface area contributed by atoms with E-state index in [1.165, 1.54) is 64.2 Å². The standard InChI is InChI=1S/C20H33O.C4H6O7S.Na/c1-3-4-5-6-7-8-9-10-11-13-16-19(2)21-20-17-14-12-15-18-20;5-3(6)1-2(4(7)8)12(9,10)11;/h12,14-15,17-19H,2-11,13,16H2,1H3;2H,1H2,(H,5,6)(H,7,8)(H,9,10,11);/q-1;;+1. The predicted octanol–water partition coefficient (Wildman–Crippen LogP) is 2.39. The molecule has 1 aromatic carbocycles. The molecule has 0 spiro atoms. The van der Waals surface area contributed by atoms with Crippen LogP contribution in [-0.2, 0) is 19.7 Å². The number of para-hydroxylation sites is 1. The third-order valence-corrected chi connectivity index (χ3v) is 6.01. The van der Waals surface area contributed by atoms with Crippen LogP contribution in [0.1, 0.15) is 84.0 Å². The maximum absolute atomic E-state index is 10.2. The zero-order valence-electron chi connectivity index (χ0n) is 20.5. The minimum Gasteiger partial charge on any atom is -0.522 e. The molecule has 34 heavy (non-hydrogen) atoms. The fourth-order valence-electron chi connectivity index (χ4n) is 3.09. The van der Waals surface area contributed by atoms with Gasteiger partial charge in [-0.25, -0.2) is 0 Å². The quantitative estimate of drug-likeness (QED) is 0.126. The molecule has 2 unspecified atom stereocenters. The second-order valence-electron chi connectivity index (χ2n) is 7.96. The van der Waals surface area contributed by atoms with Gasteiger partial charge in [0, 0.05) is 0 Å². The van der Waals surface area contributed by atoms with Crippen molar-refractivity contribution in [2.24, 2.45) is 0 Å². The van der Waals surface area contributed by atoms with Crippen LogP contribution in [0.3, 0.4) is 0 Å². The zero-order chi connectivity index (χ0) is 25.1. The number of aliphatic carboxylic acids is 2. The maximum atomic E-state index is 10.2. The van der Waals surface area contributed by atoms with Gasteiger partial charge in [0.1, 0.15) is 5.75 Å². The number of benzene rings is 1. The van der Waals surface area contributed by atoms with Crippen LogP contribution < -0.4 is 34.3 Å². The van der Waals surface area contributed by atoms with E-state index >= 15 is 0 Å². The SMILES string of the molecule is O=C(O)CC(C(=O)O)S(=O)(=O)O.[CH2-]C(CCCCCCCCCCCC)Oc1ccccc1.[Na+]. The van der Waals surface area contributed by atoms with Crippen LogP contribution in [0.15, 0.2) is 30.3 Å². The second kappa shape index (κ2) is 21.2. The molecule has 10 heteroatoms. The van der Waals surface area contributed by atoms with Gasteiger partial charge in [0.25, 0.3) is 10.1 Å². The van der Waals surface area contributed by atoms with Gasteiger partial charge in [-0.2, -0.15) is 8.42 Å². The molecule has 0 aliphatic carbocycles. The van der Waals surface area contributed by atoms with Crippen LogP contribution in [0.5, 0.6) is 5.75 Å². The molecule has 0 aliphatic rings. The van der Waals surface area contributed by atoms with Crippen molar-refractivity contribution in [1.82, 2.24) is 0 Å². The van der Waals surface area contributed by atoms with Crippen LogP contribution in [0.4, 0.5) is 0 Å². The molecular weight excluding hydrogens is 471 g/mol. The van der Waals surface area contributed by atoms with E-state index in [2.05, 4.69) is 13.8 Å². The molecule has 0 saturated heterocycles. The van der Waals surface area contributed by atoms with Gasteiger partial charge in [-0.05, 0) is 24.7 Å². The van der Waals surface area contributed by atoms with Crippen molar-refractivity contribution in [2.75, 3.05) is 0 Å². The number of carboxylic acids is 2. The molecule has 190 valence electrons. The Kier molecular flexibility index (Phi) is 21.8. The van der Waals surface area contributed by atoms with Gasteiger partial charge in [-0.15, -0.1) is 0 Å². The first-order chi connectivity index (χ1) is 15.6. The molecule has 1 aromatic rings. The Labute approximate surface area is 226 Å². The van der Waals surface area contributed by atoms with Crippen molar-refractivity contribution in [3.05, 3.63) is 37.3 Å². The van der Waals surface area contributed by atoms with E-state index in [-0.39, 0.29) is 35.7 Å². The normalized spacial score (nSPS) is 12.4. The third-order valence-electron chi connectivity index (χ3n) is 4.92. The number of carbonyl (C=O) groups is 2. The first-order valence-electron chi connectivity index (χ1n) is 11.5. The van der Waals surface area contributed by atoms with Gasteiger partial charge >= 0.3 is 41.5 Å². The van der Waals surface area contributed by atoms with Gasteiger partial charge in [0.15, 0.2) is 5.25 Å². The van der Waals surface area contributed by atoms with E-state index in [0.29, 0.717) is 0 Å². The Morgan fingerprint density at radius 1 is 0.912 bits per heavy atom. The van der Waals surface area contributed by atoms with Crippen molar-refractivity contribution in [3.63, 3.8) is 0 Å². The summed E-state index contributed by atoms with van der Waals surface area (Å²) in [6.45, 7) is 6.36. The summed E-state index contributed by atoms with van der Waals surface area (Å²) < 4.78 is 34.5. The van der Waals surface area contributed by atoms with E-state index in [0.717, 1.165) is 12.2 Å². The average Bonchev–Trinajstić information content (AvgIpc) is 2.73. The van der Waals surface area contributed by atoms with E-state index in [9.17, 15) is 18.0 Å². The topological polar surface area (TPSA) is 138 Å². The summed E-state index contributed by atoms with van der Waals surface area (Å²) >= 11 is 0. The summed E-state index contributed by atoms with van der Waals surface area (Å²) in [5.74, 6) is -2.57.